The average Bonchev–Trinajstić information content (AvgIpc) is 1.53. The van der Waals surface area contributed by atoms with Gasteiger partial charge in [-0.15, -0.1) is 0 Å². The van der Waals surface area contributed by atoms with Gasteiger partial charge in [-0.25, -0.2) is 9.55 Å². The Balaban J connectivity index is 0.00000278. The van der Waals surface area contributed by atoms with Crippen molar-refractivity contribution in [2.24, 2.45) is 94.7 Å². The van der Waals surface area contributed by atoms with E-state index in [-0.39, 0.29) is 94.0 Å². The van der Waals surface area contributed by atoms with E-state index in [9.17, 15) is 53.2 Å². The molecule has 2 unspecified atom stereocenters. The number of nitrogens with two attached hydrogens (primary N) is 6. The van der Waals surface area contributed by atoms with E-state index in [1.807, 2.05) is 80.5 Å². The van der Waals surface area contributed by atoms with Crippen LogP contribution >= 0.6 is 7.82 Å². The molecule has 2 fully saturated rings. The molecule has 6 aliphatic heterocycles. The van der Waals surface area contributed by atoms with Crippen molar-refractivity contribution >= 4 is 83.3 Å². The number of carboxylic acids is 1. The van der Waals surface area contributed by atoms with Crippen LogP contribution in [0.4, 0.5) is 0 Å². The quantitative estimate of drug-likeness (QED) is 0.0592. The molecule has 95 heavy (non-hydrogen) atoms. The van der Waals surface area contributed by atoms with E-state index in [4.69, 9.17) is 78.4 Å². The molecule has 8 bridgehead atoms. The van der Waals surface area contributed by atoms with Gasteiger partial charge in [0.25, 0.3) is 5.97 Å². The molecule has 0 saturated carbocycles. The van der Waals surface area contributed by atoms with Gasteiger partial charge in [-0.2, -0.15) is 5.70 Å². The third kappa shape index (κ3) is 15.7. The van der Waals surface area contributed by atoms with Crippen molar-refractivity contribution in [3.63, 3.8) is 0 Å². The van der Waals surface area contributed by atoms with E-state index < -0.39 is 149 Å². The molecule has 15 atom stereocenters. The molecule has 0 aliphatic carbocycles. The second kappa shape index (κ2) is 29.4. The summed E-state index contributed by atoms with van der Waals surface area (Å²) in [6.45, 7) is 20.2. The van der Waals surface area contributed by atoms with Gasteiger partial charge in [0.05, 0.1) is 30.1 Å². The van der Waals surface area contributed by atoms with Crippen LogP contribution in [0.3, 0.4) is 0 Å². The van der Waals surface area contributed by atoms with Crippen LogP contribution in [0.1, 0.15) is 157 Å². The van der Waals surface area contributed by atoms with Gasteiger partial charge < -0.3 is 74.6 Å². The summed E-state index contributed by atoms with van der Waals surface area (Å²) in [5.74, 6) is -8.17. The molecular weight excluding hydrogens is 1300 g/mol. The maximum Gasteiger partial charge on any atom is 0.472 e. The monoisotopic (exact) mass is 1390 g/mol. The first-order chi connectivity index (χ1) is 43.6. The molecule has 8 rings (SSSR count). The first-order valence-corrected chi connectivity index (χ1v) is 32.9. The van der Waals surface area contributed by atoms with Crippen molar-refractivity contribution in [3.8, 4) is 0 Å². The largest absolute Gasteiger partial charge is 0.680 e. The molecule has 7 amide bonds. The Morgan fingerprint density at radius 2 is 1.35 bits per heavy atom. The summed E-state index contributed by atoms with van der Waals surface area (Å²) in [4.78, 5) is 134. The van der Waals surface area contributed by atoms with E-state index in [2.05, 4.69) is 10.3 Å². The number of hydrogen-bond donors (Lipinski definition) is 11. The van der Waals surface area contributed by atoms with Crippen LogP contribution in [0, 0.1) is 59.2 Å². The molecule has 7 heterocycles. The van der Waals surface area contributed by atoms with Crippen LogP contribution in [-0.2, 0) is 73.5 Å². The SMILES string of the molecule is C/C1=C2N=C(/C=C3N=C(/C(C)=C4\[N-][C@@](C)([C@@H]5N=C1[C@](C)(CCC(=O)NCC(C)OP(=O)(O)O[C@H]1[C@@H](O)[C@@H](n6cnc7cc(C)c(C)cc76)O[C@@H]1CO)[C@H]5CC(N)=O)[C@@](C)(CC(N)=O)[C@@H]4CCC(N)=O)[C@@](C)(CC(N)=O)[C@@H]\3CCC(N)=O)C(C)(C)[C@@H]/2CCC(N)=O.CC(=O)O.[Co]. The number of carbonyl (C=O) groups excluding carboxylic acids is 7. The number of aliphatic hydroxyl groups excluding tert-OH is 2. The van der Waals surface area contributed by atoms with Crippen LogP contribution < -0.4 is 39.7 Å². The number of phosphoric ester groups is 1. The average molecular weight is 1390 g/mol. The molecule has 2 aromatic rings. The second-order valence-corrected chi connectivity index (χ2v) is 28.9. The fourth-order valence-electron chi connectivity index (χ4n) is 15.3. The number of carboxylic acid groups (broad SMARTS) is 1. The molecule has 1 aromatic heterocycles. The Hall–Kier alpha value is -7.02. The zero-order valence-corrected chi connectivity index (χ0v) is 57.8. The van der Waals surface area contributed by atoms with Gasteiger partial charge in [0, 0.05) is 138 Å². The number of phosphoric acid groups is 1. The van der Waals surface area contributed by atoms with Crippen molar-refractivity contribution in [2.45, 2.75) is 196 Å². The van der Waals surface area contributed by atoms with Crippen molar-refractivity contribution in [1.29, 1.82) is 0 Å². The Labute approximate surface area is 562 Å². The van der Waals surface area contributed by atoms with Gasteiger partial charge in [0.15, 0.2) is 6.23 Å². The number of imidazole rings is 1. The summed E-state index contributed by atoms with van der Waals surface area (Å²) in [5, 5.41) is 37.6. The molecule has 6 aliphatic rings. The summed E-state index contributed by atoms with van der Waals surface area (Å²) in [6, 6.07) is 2.68. The van der Waals surface area contributed by atoms with Crippen molar-refractivity contribution in [2.75, 3.05) is 13.2 Å². The Morgan fingerprint density at radius 1 is 0.779 bits per heavy atom. The fourth-order valence-corrected chi connectivity index (χ4v) is 16.5. The number of aliphatic imine (C=N–C) groups is 3. The number of allylic oxidation sites excluding steroid dienone is 6. The topological polar surface area (TPSA) is 499 Å². The van der Waals surface area contributed by atoms with E-state index in [0.717, 1.165) is 18.1 Å². The molecule has 1 aromatic carbocycles. The summed E-state index contributed by atoms with van der Waals surface area (Å²) < 4.78 is 32.3. The summed E-state index contributed by atoms with van der Waals surface area (Å²) >= 11 is 0. The Bertz CT molecular complexity index is 3650. The Kier molecular flexibility index (Phi) is 23.8. The van der Waals surface area contributed by atoms with Crippen LogP contribution in [0.15, 0.2) is 67.8 Å². The van der Waals surface area contributed by atoms with Gasteiger partial charge in [0.1, 0.15) is 18.3 Å². The van der Waals surface area contributed by atoms with Gasteiger partial charge >= 0.3 is 7.82 Å². The number of fused-ring (bicyclic) bond motifs is 7. The smallest absolute Gasteiger partial charge is 0.472 e. The van der Waals surface area contributed by atoms with E-state index in [0.29, 0.717) is 56.4 Å². The number of aliphatic carboxylic acids is 1. The molecule has 17 N–H and O–H groups in total. The van der Waals surface area contributed by atoms with Gasteiger partial charge in [-0.3, -0.25) is 62.4 Å². The van der Waals surface area contributed by atoms with Gasteiger partial charge in [0.2, 0.25) is 41.4 Å². The van der Waals surface area contributed by atoms with E-state index >= 15 is 0 Å². The third-order valence-electron chi connectivity index (χ3n) is 20.5. The second-order valence-electron chi connectivity index (χ2n) is 27.5. The predicted octanol–water partition coefficient (Wildman–Crippen LogP) is 4.04. The molecule has 29 nitrogen and oxygen atoms in total. The number of aryl methyl sites for hydroxylation is 2. The molecule has 2 saturated heterocycles. The van der Waals surface area contributed by atoms with Crippen LogP contribution in [0.5, 0.6) is 0 Å². The Morgan fingerprint density at radius 3 is 1.91 bits per heavy atom. The number of aromatic nitrogens is 2. The number of amides is 7. The van der Waals surface area contributed by atoms with E-state index in [1.165, 1.54) is 13.3 Å². The minimum atomic E-state index is -5.07. The zero-order chi connectivity index (χ0) is 70.3. The number of rotatable bonds is 26. The third-order valence-corrected chi connectivity index (χ3v) is 21.6. The number of nitrogens with one attached hydrogen (secondary N) is 1. The number of nitrogens with zero attached hydrogens (tertiary/aromatic N) is 6. The van der Waals surface area contributed by atoms with Gasteiger partial charge in [-0.1, -0.05) is 47.1 Å². The maximum atomic E-state index is 14.4. The minimum absolute atomic E-state index is 0. The number of aliphatic hydroxyl groups is 2. The maximum absolute atomic E-state index is 14.4. The molecule has 31 heteroatoms. The van der Waals surface area contributed by atoms with E-state index in [1.54, 1.807) is 11.5 Å². The normalized spacial score (nSPS) is 32.7. The number of hydrogen-bond acceptors (Lipinski definition) is 18. The fraction of sp³-hybridized carbons (Fsp3) is 0.625. The van der Waals surface area contributed by atoms with Crippen molar-refractivity contribution in [3.05, 3.63) is 69.2 Å². The first-order valence-electron chi connectivity index (χ1n) is 31.4. The summed E-state index contributed by atoms with van der Waals surface area (Å²) in [5.41, 5.74) is 36.8. The van der Waals surface area contributed by atoms with Crippen LogP contribution in [0.25, 0.3) is 16.4 Å². The number of ether oxygens (including phenoxy) is 1. The number of primary amides is 6. The van der Waals surface area contributed by atoms with Crippen LogP contribution in [0.2, 0.25) is 0 Å². The molecule has 0 spiro atoms. The van der Waals surface area contributed by atoms with Crippen molar-refractivity contribution < 1.29 is 93.7 Å². The molecule has 1 radical (unpaired) electrons. The summed E-state index contributed by atoms with van der Waals surface area (Å²) in [6.07, 6.45) is -4.47. The summed E-state index contributed by atoms with van der Waals surface area (Å²) in [7, 11) is -5.07. The number of benzene rings is 1. The predicted molar refractivity (Wildman–Crippen MR) is 347 cm³/mol. The molecule has 525 valence electrons. The molecular formula is C64H93CoN13O16P-. The zero-order valence-electron chi connectivity index (χ0n) is 55.9. The van der Waals surface area contributed by atoms with Crippen LogP contribution in [-0.4, -0.2) is 143 Å². The number of carbonyl (C=O) groups is 8. The first kappa shape index (κ1) is 77.0. The minimum Gasteiger partial charge on any atom is -0.680 e. The standard InChI is InChI=1S/C62H90N13O14P.C2H4O2.Co/c1-29-20-39-40(21-30(29)2)75(28-70-39)57-52(84)53(41(27-76)87-57)89-90(85,86)88-31(3)26-69-49(83)18-19-59(8)37(22-46(66)80)56-62(11)61(10,25-48(68)82)36(14-17-45(65)79)51(74-62)33(5)55-60(9,24-47(67)81)34(12-15-43(63)77)38(71-55)23-42-58(6,7)35(13-16-44(64)78)50(72-42)32(4)54(59)73-56;1-2(3)4;/h20-21,23,28,31,34-37,41,52-53,56-57,76,84H,12-19,22,24-27H2,1-11H3,(H15,63,64,65,66,67,68,69,71,72,73,74,77,78,79,80,81,82,83,85,86);1H3,(H,3,4);/p-1/t31?,34-,35-,36-,37+,41-,52-,53-,56-,57+,59-,60+,61+,62+;;/m1../s1. The van der Waals surface area contributed by atoms with Crippen molar-refractivity contribution in [1.82, 2.24) is 14.9 Å². The van der Waals surface area contributed by atoms with Gasteiger partial charge in [-0.05, 0) is 118 Å².